The van der Waals surface area contributed by atoms with Crippen molar-refractivity contribution in [2.75, 3.05) is 0 Å². The lowest BCUT2D eigenvalue weighted by Crippen LogP contribution is -2.11. The van der Waals surface area contributed by atoms with Crippen molar-refractivity contribution < 1.29 is 4.79 Å². The minimum Gasteiger partial charge on any atom is -0.303 e. The highest BCUT2D eigenvalue weighted by Crippen LogP contribution is 2.06. The molecule has 0 spiro atoms. The third-order valence-corrected chi connectivity index (χ3v) is 2.13. The van der Waals surface area contributed by atoms with Gasteiger partial charge in [-0.1, -0.05) is 51.8 Å². The normalized spacial score (nSPS) is 9.83. The van der Waals surface area contributed by atoms with E-state index in [0.29, 0.717) is 6.42 Å². The van der Waals surface area contributed by atoms with Crippen LogP contribution in [0, 0.1) is 0 Å². The van der Waals surface area contributed by atoms with Crippen molar-refractivity contribution in [1.29, 1.82) is 0 Å². The number of unbranched alkanes of at least 4 members (excludes halogenated alkanes) is 5. The second-order valence-corrected chi connectivity index (χ2v) is 3.28. The maximum absolute atomic E-state index is 10.7. The molecule has 0 aliphatic heterocycles. The van der Waals surface area contributed by atoms with Crippen LogP contribution in [0.25, 0.3) is 0 Å². The first-order chi connectivity index (χ1) is 5.81. The maximum Gasteiger partial charge on any atom is 0.229 e. The van der Waals surface area contributed by atoms with E-state index in [1.807, 2.05) is 0 Å². The monoisotopic (exact) mass is 189 g/mol. The highest BCUT2D eigenvalue weighted by atomic mass is 32.1. The summed E-state index contributed by atoms with van der Waals surface area (Å²) in [5.74, 6) is 0.0359. The molecule has 0 saturated carbocycles. The molecule has 2 nitrogen and oxygen atoms in total. The molecule has 0 radical (unpaired) electrons. The van der Waals surface area contributed by atoms with Crippen molar-refractivity contribution >= 4 is 18.7 Å². The van der Waals surface area contributed by atoms with Crippen LogP contribution in [0.1, 0.15) is 51.9 Å². The molecule has 1 amide bonds. The Kier molecular flexibility index (Phi) is 8.78. The average Bonchev–Trinajstić information content (AvgIpc) is 2.10. The van der Waals surface area contributed by atoms with E-state index in [1.165, 1.54) is 32.1 Å². The lowest BCUT2D eigenvalue weighted by molar-refractivity contribution is -0.119. The molecule has 0 atom stereocenters. The third-order valence-electron chi connectivity index (χ3n) is 1.88. The van der Waals surface area contributed by atoms with Gasteiger partial charge in [0, 0.05) is 6.42 Å². The van der Waals surface area contributed by atoms with E-state index in [0.717, 1.165) is 6.42 Å². The zero-order chi connectivity index (χ0) is 9.23. The van der Waals surface area contributed by atoms with E-state index in [-0.39, 0.29) is 5.91 Å². The lowest BCUT2D eigenvalue weighted by Gasteiger charge is -1.99. The van der Waals surface area contributed by atoms with E-state index >= 15 is 0 Å². The molecule has 0 aromatic carbocycles. The van der Waals surface area contributed by atoms with Crippen LogP contribution in [0.3, 0.4) is 0 Å². The van der Waals surface area contributed by atoms with Gasteiger partial charge in [-0.05, 0) is 6.42 Å². The summed E-state index contributed by atoms with van der Waals surface area (Å²) in [6, 6.07) is 0. The second-order valence-electron chi connectivity index (χ2n) is 3.05. The first kappa shape index (κ1) is 11.8. The molecule has 0 aliphatic carbocycles. The first-order valence-corrected chi connectivity index (χ1v) is 5.19. The predicted octanol–water partition coefficient (Wildman–Crippen LogP) is 2.70. The molecule has 0 aliphatic rings. The quantitative estimate of drug-likeness (QED) is 0.468. The number of thiol groups is 1. The van der Waals surface area contributed by atoms with E-state index in [1.54, 1.807) is 0 Å². The molecule has 1 N–H and O–H groups in total. The first-order valence-electron chi connectivity index (χ1n) is 4.74. The summed E-state index contributed by atoms with van der Waals surface area (Å²) in [7, 11) is 0. The van der Waals surface area contributed by atoms with Gasteiger partial charge in [-0.3, -0.25) is 4.79 Å². The molecule has 0 unspecified atom stereocenters. The van der Waals surface area contributed by atoms with Crippen LogP contribution in [-0.4, -0.2) is 5.91 Å². The molecule has 0 bridgehead atoms. The number of nitrogens with one attached hydrogen (secondary N) is 1. The topological polar surface area (TPSA) is 29.1 Å². The van der Waals surface area contributed by atoms with Crippen LogP contribution in [0.5, 0.6) is 0 Å². The van der Waals surface area contributed by atoms with Gasteiger partial charge < -0.3 is 4.72 Å². The van der Waals surface area contributed by atoms with E-state index in [4.69, 9.17) is 0 Å². The Morgan fingerprint density at radius 1 is 1.17 bits per heavy atom. The fourth-order valence-electron chi connectivity index (χ4n) is 1.12. The molecular weight excluding hydrogens is 170 g/mol. The zero-order valence-corrected chi connectivity index (χ0v) is 8.70. The van der Waals surface area contributed by atoms with Crippen molar-refractivity contribution in [2.24, 2.45) is 0 Å². The zero-order valence-electron chi connectivity index (χ0n) is 7.81. The Hall–Kier alpha value is -0.180. The predicted molar refractivity (Wildman–Crippen MR) is 55.1 cm³/mol. The number of rotatable bonds is 7. The van der Waals surface area contributed by atoms with Gasteiger partial charge in [0.15, 0.2) is 0 Å². The average molecular weight is 189 g/mol. The Balaban J connectivity index is 2.95. The molecule has 0 saturated heterocycles. The Morgan fingerprint density at radius 2 is 1.75 bits per heavy atom. The molecule has 0 aromatic rings. The molecule has 3 heteroatoms. The fourth-order valence-corrected chi connectivity index (χ4v) is 1.23. The Bertz CT molecular complexity index is 117. The molecular formula is C9H19NOS. The fraction of sp³-hybridized carbons (Fsp3) is 0.889. The molecule has 0 heterocycles. The number of carbonyl (C=O) groups excluding carboxylic acids is 1. The highest BCUT2D eigenvalue weighted by molar-refractivity contribution is 7.78. The van der Waals surface area contributed by atoms with Crippen molar-refractivity contribution in [3.8, 4) is 0 Å². The van der Waals surface area contributed by atoms with Gasteiger partial charge in [0.1, 0.15) is 0 Å². The number of hydrogen-bond donors (Lipinski definition) is 2. The van der Waals surface area contributed by atoms with Crippen molar-refractivity contribution in [1.82, 2.24) is 4.72 Å². The van der Waals surface area contributed by atoms with Gasteiger partial charge in [0.05, 0.1) is 0 Å². The summed E-state index contributed by atoms with van der Waals surface area (Å²) < 4.78 is 2.32. The smallest absolute Gasteiger partial charge is 0.229 e. The van der Waals surface area contributed by atoms with Crippen molar-refractivity contribution in [3.05, 3.63) is 0 Å². The summed E-state index contributed by atoms with van der Waals surface area (Å²) >= 11 is 3.67. The molecule has 12 heavy (non-hydrogen) atoms. The SMILES string of the molecule is CCCCCCCCC(=O)NS. The van der Waals surface area contributed by atoms with Gasteiger partial charge in [-0.2, -0.15) is 0 Å². The van der Waals surface area contributed by atoms with Gasteiger partial charge >= 0.3 is 0 Å². The molecule has 0 rings (SSSR count). The van der Waals surface area contributed by atoms with Crippen LogP contribution < -0.4 is 4.72 Å². The number of amides is 1. The lowest BCUT2D eigenvalue weighted by atomic mass is 10.1. The van der Waals surface area contributed by atoms with Gasteiger partial charge in [0.2, 0.25) is 5.91 Å². The molecule has 0 fully saturated rings. The van der Waals surface area contributed by atoms with Gasteiger partial charge in [0.25, 0.3) is 0 Å². The summed E-state index contributed by atoms with van der Waals surface area (Å²) in [5, 5.41) is 0. The standard InChI is InChI=1S/C9H19NOS/c1-2-3-4-5-6-7-8-9(11)10-12/h12H,2-8H2,1H3,(H,10,11). The van der Waals surface area contributed by atoms with Crippen LogP contribution in [0.4, 0.5) is 0 Å². The summed E-state index contributed by atoms with van der Waals surface area (Å²) in [4.78, 5) is 10.7. The second kappa shape index (κ2) is 8.91. The van der Waals surface area contributed by atoms with Crippen molar-refractivity contribution in [2.45, 2.75) is 51.9 Å². The van der Waals surface area contributed by atoms with Gasteiger partial charge in [-0.15, -0.1) is 0 Å². The summed E-state index contributed by atoms with van der Waals surface area (Å²) in [6.07, 6.45) is 7.94. The molecule has 0 aromatic heterocycles. The third kappa shape index (κ3) is 7.92. The summed E-state index contributed by atoms with van der Waals surface area (Å²) in [5.41, 5.74) is 0. The minimum absolute atomic E-state index is 0.0359. The van der Waals surface area contributed by atoms with E-state index in [2.05, 4.69) is 24.5 Å². The van der Waals surface area contributed by atoms with Crippen LogP contribution in [0.15, 0.2) is 0 Å². The minimum atomic E-state index is 0.0359. The van der Waals surface area contributed by atoms with E-state index < -0.39 is 0 Å². The number of carbonyl (C=O) groups is 1. The largest absolute Gasteiger partial charge is 0.303 e. The Labute approximate surface area is 80.7 Å². The van der Waals surface area contributed by atoms with Crippen molar-refractivity contribution in [3.63, 3.8) is 0 Å². The van der Waals surface area contributed by atoms with E-state index in [9.17, 15) is 4.79 Å². The maximum atomic E-state index is 10.7. The van der Waals surface area contributed by atoms with Crippen LogP contribution in [-0.2, 0) is 4.79 Å². The number of hydrogen-bond acceptors (Lipinski definition) is 2. The highest BCUT2D eigenvalue weighted by Gasteiger charge is 1.96. The van der Waals surface area contributed by atoms with Gasteiger partial charge in [-0.25, -0.2) is 0 Å². The Morgan fingerprint density at radius 3 is 2.33 bits per heavy atom. The summed E-state index contributed by atoms with van der Waals surface area (Å²) in [6.45, 7) is 2.20. The van der Waals surface area contributed by atoms with Crippen LogP contribution >= 0.6 is 12.8 Å². The molecule has 72 valence electrons. The van der Waals surface area contributed by atoms with Crippen LogP contribution in [0.2, 0.25) is 0 Å².